The quantitative estimate of drug-likeness (QED) is 0.899. The van der Waals surface area contributed by atoms with Crippen LogP contribution in [0.3, 0.4) is 0 Å². The Kier molecular flexibility index (Phi) is 7.13. The molecule has 0 aliphatic carbocycles. The highest BCUT2D eigenvalue weighted by Gasteiger charge is 2.26. The van der Waals surface area contributed by atoms with Gasteiger partial charge in [-0.1, -0.05) is 0 Å². The molecular formula is C11H16Cl2FN3O. The summed E-state index contributed by atoms with van der Waals surface area (Å²) in [6.45, 7) is 1.38. The second-order valence-electron chi connectivity index (χ2n) is 3.92. The molecule has 7 heteroatoms. The van der Waals surface area contributed by atoms with Crippen molar-refractivity contribution in [1.82, 2.24) is 15.2 Å². The number of hydrogen-bond donors (Lipinski definition) is 1. The van der Waals surface area contributed by atoms with Crippen LogP contribution in [0.2, 0.25) is 0 Å². The van der Waals surface area contributed by atoms with Gasteiger partial charge in [0.15, 0.2) is 0 Å². The Balaban J connectivity index is 0.00000144. The molecule has 0 spiro atoms. The van der Waals surface area contributed by atoms with Crippen molar-refractivity contribution < 1.29 is 9.18 Å². The Morgan fingerprint density at radius 3 is 2.78 bits per heavy atom. The highest BCUT2D eigenvalue weighted by molar-refractivity contribution is 5.94. The summed E-state index contributed by atoms with van der Waals surface area (Å²) in [5.74, 6) is -0.625. The fourth-order valence-corrected chi connectivity index (χ4v) is 1.89. The molecule has 102 valence electrons. The molecule has 1 aromatic rings. The van der Waals surface area contributed by atoms with E-state index in [-0.39, 0.29) is 30.7 Å². The van der Waals surface area contributed by atoms with Crippen molar-refractivity contribution in [1.29, 1.82) is 0 Å². The second kappa shape index (κ2) is 7.51. The van der Waals surface area contributed by atoms with Crippen LogP contribution in [0.25, 0.3) is 0 Å². The topological polar surface area (TPSA) is 45.2 Å². The van der Waals surface area contributed by atoms with Gasteiger partial charge in [0.2, 0.25) is 0 Å². The number of likely N-dealkylation sites (tertiary alicyclic amines) is 1. The number of hydrogen-bond acceptors (Lipinski definition) is 3. The van der Waals surface area contributed by atoms with Gasteiger partial charge in [0.25, 0.3) is 5.91 Å². The third kappa shape index (κ3) is 3.80. The summed E-state index contributed by atoms with van der Waals surface area (Å²) < 4.78 is 12.9. The molecule has 2 rings (SSSR count). The summed E-state index contributed by atoms with van der Waals surface area (Å²) in [6.07, 6.45) is 3.43. The Labute approximate surface area is 118 Å². The molecule has 0 radical (unpaired) electrons. The Hall–Kier alpha value is -0.910. The molecule has 0 saturated carbocycles. The van der Waals surface area contributed by atoms with E-state index in [4.69, 9.17) is 0 Å². The van der Waals surface area contributed by atoms with Gasteiger partial charge in [-0.3, -0.25) is 9.78 Å². The molecule has 18 heavy (non-hydrogen) atoms. The van der Waals surface area contributed by atoms with Crippen LogP contribution >= 0.6 is 24.8 Å². The van der Waals surface area contributed by atoms with Crippen molar-refractivity contribution >= 4 is 30.7 Å². The molecule has 1 aliphatic rings. The van der Waals surface area contributed by atoms with Gasteiger partial charge in [-0.15, -0.1) is 24.8 Å². The van der Waals surface area contributed by atoms with Gasteiger partial charge in [-0.2, -0.15) is 0 Å². The first-order valence-corrected chi connectivity index (χ1v) is 5.28. The minimum Gasteiger partial charge on any atom is -0.337 e. The maximum absolute atomic E-state index is 12.9. The van der Waals surface area contributed by atoms with E-state index in [0.717, 1.165) is 12.6 Å². The van der Waals surface area contributed by atoms with E-state index < -0.39 is 5.82 Å². The van der Waals surface area contributed by atoms with E-state index >= 15 is 0 Å². The van der Waals surface area contributed by atoms with Crippen molar-refractivity contribution in [2.45, 2.75) is 12.5 Å². The molecule has 1 atom stereocenters. The van der Waals surface area contributed by atoms with Gasteiger partial charge in [0, 0.05) is 25.3 Å². The van der Waals surface area contributed by atoms with Gasteiger partial charge in [0.05, 0.1) is 11.8 Å². The van der Waals surface area contributed by atoms with E-state index in [1.54, 1.807) is 4.90 Å². The molecule has 4 nitrogen and oxygen atoms in total. The minimum absolute atomic E-state index is 0. The van der Waals surface area contributed by atoms with Gasteiger partial charge < -0.3 is 10.2 Å². The zero-order valence-corrected chi connectivity index (χ0v) is 11.6. The molecule has 1 amide bonds. The number of rotatable bonds is 2. The largest absolute Gasteiger partial charge is 0.337 e. The number of pyridine rings is 1. The molecule has 1 fully saturated rings. The number of halogens is 3. The fraction of sp³-hybridized carbons (Fsp3) is 0.455. The average Bonchev–Trinajstić information content (AvgIpc) is 2.76. The van der Waals surface area contributed by atoms with E-state index in [1.807, 2.05) is 7.05 Å². The summed E-state index contributed by atoms with van der Waals surface area (Å²) >= 11 is 0. The third-order valence-electron chi connectivity index (χ3n) is 2.84. The highest BCUT2D eigenvalue weighted by Crippen LogP contribution is 2.13. The van der Waals surface area contributed by atoms with Gasteiger partial charge in [-0.05, 0) is 19.5 Å². The molecule has 1 saturated heterocycles. The number of carbonyl (C=O) groups is 1. The lowest BCUT2D eigenvalue weighted by atomic mass is 10.2. The molecule has 1 aromatic heterocycles. The summed E-state index contributed by atoms with van der Waals surface area (Å²) in [5.41, 5.74) is 0.316. The third-order valence-corrected chi connectivity index (χ3v) is 2.84. The van der Waals surface area contributed by atoms with Gasteiger partial charge in [0.1, 0.15) is 5.82 Å². The Morgan fingerprint density at radius 1 is 1.50 bits per heavy atom. The highest BCUT2D eigenvalue weighted by atomic mass is 35.5. The molecule has 2 heterocycles. The van der Waals surface area contributed by atoms with Crippen LogP contribution in [0.1, 0.15) is 16.8 Å². The fourth-order valence-electron chi connectivity index (χ4n) is 1.89. The number of nitrogens with zero attached hydrogens (tertiary/aromatic N) is 2. The monoisotopic (exact) mass is 295 g/mol. The van der Waals surface area contributed by atoms with Gasteiger partial charge in [-0.25, -0.2) is 4.39 Å². The number of aromatic nitrogens is 1. The molecule has 1 aliphatic heterocycles. The second-order valence-corrected chi connectivity index (χ2v) is 3.92. The smallest absolute Gasteiger partial charge is 0.255 e. The number of likely N-dealkylation sites (N-methyl/N-ethyl adjacent to an activating group) is 1. The van der Waals surface area contributed by atoms with E-state index in [9.17, 15) is 9.18 Å². The van der Waals surface area contributed by atoms with Crippen LogP contribution in [-0.4, -0.2) is 42.0 Å². The van der Waals surface area contributed by atoms with Crippen molar-refractivity contribution in [2.75, 3.05) is 20.1 Å². The predicted molar refractivity (Wildman–Crippen MR) is 72.1 cm³/mol. The lowest BCUT2D eigenvalue weighted by Gasteiger charge is -2.16. The lowest BCUT2D eigenvalue weighted by molar-refractivity contribution is 0.0788. The van der Waals surface area contributed by atoms with Crippen LogP contribution < -0.4 is 5.32 Å². The zero-order chi connectivity index (χ0) is 11.5. The van der Waals surface area contributed by atoms with Crippen molar-refractivity contribution in [2.24, 2.45) is 0 Å². The Morgan fingerprint density at radius 2 is 2.22 bits per heavy atom. The summed E-state index contributed by atoms with van der Waals surface area (Å²) in [7, 11) is 1.88. The van der Waals surface area contributed by atoms with Crippen LogP contribution in [0.15, 0.2) is 18.5 Å². The standard InChI is InChI=1S/C11H14FN3O.2ClH/c1-13-10-2-3-15(7-10)11(16)8-4-9(12)6-14-5-8;;/h4-6,10,13H,2-3,7H2,1H3;2*1H. The molecule has 0 bridgehead atoms. The first-order chi connectivity index (χ1) is 7.70. The van der Waals surface area contributed by atoms with Crippen molar-refractivity contribution in [3.63, 3.8) is 0 Å². The van der Waals surface area contributed by atoms with E-state index in [0.29, 0.717) is 24.7 Å². The normalized spacial score (nSPS) is 17.9. The summed E-state index contributed by atoms with van der Waals surface area (Å²) in [6, 6.07) is 1.56. The maximum atomic E-state index is 12.9. The van der Waals surface area contributed by atoms with Crippen LogP contribution in [0, 0.1) is 5.82 Å². The number of nitrogens with one attached hydrogen (secondary N) is 1. The molecular weight excluding hydrogens is 280 g/mol. The van der Waals surface area contributed by atoms with Crippen LogP contribution in [0.5, 0.6) is 0 Å². The summed E-state index contributed by atoms with van der Waals surface area (Å²) in [4.78, 5) is 17.3. The lowest BCUT2D eigenvalue weighted by Crippen LogP contribution is -2.33. The van der Waals surface area contributed by atoms with Crippen molar-refractivity contribution in [3.8, 4) is 0 Å². The van der Waals surface area contributed by atoms with Crippen molar-refractivity contribution in [3.05, 3.63) is 29.8 Å². The molecule has 1 unspecified atom stereocenters. The first-order valence-electron chi connectivity index (χ1n) is 5.28. The van der Waals surface area contributed by atoms with Crippen LogP contribution in [0.4, 0.5) is 4.39 Å². The summed E-state index contributed by atoms with van der Waals surface area (Å²) in [5, 5.41) is 3.13. The number of amides is 1. The first kappa shape index (κ1) is 17.1. The SMILES string of the molecule is CNC1CCN(C(=O)c2cncc(F)c2)C1.Cl.Cl. The van der Waals surface area contributed by atoms with Gasteiger partial charge >= 0.3 is 0 Å². The minimum atomic E-state index is -0.477. The van der Waals surface area contributed by atoms with E-state index in [1.165, 1.54) is 12.3 Å². The zero-order valence-electron chi connectivity index (χ0n) is 9.93. The van der Waals surface area contributed by atoms with E-state index in [2.05, 4.69) is 10.3 Å². The number of carbonyl (C=O) groups excluding carboxylic acids is 1. The molecule has 1 N–H and O–H groups in total. The Bertz CT molecular complexity index is 406. The molecule has 0 aromatic carbocycles. The van der Waals surface area contributed by atoms with Crippen LogP contribution in [-0.2, 0) is 0 Å². The maximum Gasteiger partial charge on any atom is 0.255 e. The predicted octanol–water partition coefficient (Wildman–Crippen LogP) is 1.50. The average molecular weight is 296 g/mol.